The van der Waals surface area contributed by atoms with Crippen LogP contribution in [0.3, 0.4) is 0 Å². The van der Waals surface area contributed by atoms with Crippen LogP contribution in [-0.2, 0) is 16.0 Å². The number of nitriles is 1. The van der Waals surface area contributed by atoms with Gasteiger partial charge in [-0.05, 0) is 43.0 Å². The molecule has 1 N–H and O–H groups in total. The summed E-state index contributed by atoms with van der Waals surface area (Å²) in [4.78, 5) is 28.4. The van der Waals surface area contributed by atoms with E-state index >= 15 is 0 Å². The largest absolute Gasteiger partial charge is 0.479 e. The predicted molar refractivity (Wildman–Crippen MR) is 114 cm³/mol. The average molecular weight is 403 g/mol. The van der Waals surface area contributed by atoms with Crippen molar-refractivity contribution in [2.45, 2.75) is 32.1 Å². The predicted octanol–water partition coefficient (Wildman–Crippen LogP) is 3.92. The molecule has 4 rings (SSSR count). The first kappa shape index (κ1) is 20.0. The van der Waals surface area contributed by atoms with E-state index in [0.29, 0.717) is 24.4 Å². The van der Waals surface area contributed by atoms with Gasteiger partial charge in [-0.1, -0.05) is 37.1 Å². The molecule has 0 saturated heterocycles. The molecular formula is C24H25N3O3. The topological polar surface area (TPSA) is 82.4 Å². The molecule has 2 aliphatic rings. The number of rotatable bonds is 5. The van der Waals surface area contributed by atoms with Crippen LogP contribution in [0.1, 0.15) is 31.2 Å². The molecule has 2 amide bonds. The van der Waals surface area contributed by atoms with Gasteiger partial charge in [0.05, 0.1) is 5.92 Å². The van der Waals surface area contributed by atoms with Gasteiger partial charge in [0.15, 0.2) is 6.61 Å². The Kier molecular flexibility index (Phi) is 5.99. The Labute approximate surface area is 176 Å². The first-order valence-corrected chi connectivity index (χ1v) is 10.5. The molecule has 1 aliphatic carbocycles. The molecule has 1 aliphatic heterocycles. The number of nitrogens with one attached hydrogen (secondary N) is 1. The average Bonchev–Trinajstić information content (AvgIpc) is 3.21. The van der Waals surface area contributed by atoms with E-state index in [1.165, 1.54) is 5.56 Å². The molecule has 2 unspecified atom stereocenters. The maximum Gasteiger partial charge on any atom is 0.230 e. The summed E-state index contributed by atoms with van der Waals surface area (Å²) in [6, 6.07) is 16.9. The van der Waals surface area contributed by atoms with Crippen molar-refractivity contribution < 1.29 is 14.3 Å². The smallest absolute Gasteiger partial charge is 0.230 e. The molecule has 2 atom stereocenters. The van der Waals surface area contributed by atoms with Crippen LogP contribution < -0.4 is 15.0 Å². The van der Waals surface area contributed by atoms with Crippen LogP contribution in [0.4, 0.5) is 11.4 Å². The van der Waals surface area contributed by atoms with Gasteiger partial charge in [0.2, 0.25) is 11.8 Å². The standard InChI is InChI=1S/C24H25N3O3/c25-13-15-30-19-8-5-7-18(16-19)26-23(28)20-9-2-3-10-21(20)24(29)27-14-12-17-6-1-4-11-22(17)27/h1,4-8,11,16,20-21H,2-3,9-10,12,14-15H2,(H,26,28). The summed E-state index contributed by atoms with van der Waals surface area (Å²) in [5, 5.41) is 11.6. The number of anilines is 2. The van der Waals surface area contributed by atoms with E-state index in [2.05, 4.69) is 11.4 Å². The van der Waals surface area contributed by atoms with Crippen LogP contribution >= 0.6 is 0 Å². The minimum absolute atomic E-state index is 0.0477. The highest BCUT2D eigenvalue weighted by Gasteiger charge is 2.39. The molecule has 0 bridgehead atoms. The number of ether oxygens (including phenoxy) is 1. The van der Waals surface area contributed by atoms with Gasteiger partial charge >= 0.3 is 0 Å². The van der Waals surface area contributed by atoms with E-state index in [0.717, 1.165) is 31.4 Å². The van der Waals surface area contributed by atoms with Crippen molar-refractivity contribution in [3.8, 4) is 11.8 Å². The van der Waals surface area contributed by atoms with Crippen LogP contribution in [0.2, 0.25) is 0 Å². The number of nitrogens with zero attached hydrogens (tertiary/aromatic N) is 2. The third-order valence-corrected chi connectivity index (χ3v) is 5.98. The lowest BCUT2D eigenvalue weighted by molar-refractivity contribution is -0.132. The van der Waals surface area contributed by atoms with Crippen molar-refractivity contribution in [3.63, 3.8) is 0 Å². The van der Waals surface area contributed by atoms with Crippen LogP contribution in [0.5, 0.6) is 5.75 Å². The number of amides is 2. The zero-order chi connectivity index (χ0) is 20.9. The van der Waals surface area contributed by atoms with Gasteiger partial charge in [-0.15, -0.1) is 0 Å². The van der Waals surface area contributed by atoms with Crippen molar-refractivity contribution in [3.05, 3.63) is 54.1 Å². The van der Waals surface area contributed by atoms with Crippen LogP contribution in [0.25, 0.3) is 0 Å². The van der Waals surface area contributed by atoms with E-state index in [9.17, 15) is 9.59 Å². The molecule has 1 heterocycles. The van der Waals surface area contributed by atoms with Crippen LogP contribution in [-0.4, -0.2) is 25.0 Å². The van der Waals surface area contributed by atoms with E-state index in [4.69, 9.17) is 10.00 Å². The highest BCUT2D eigenvalue weighted by molar-refractivity contribution is 6.02. The Morgan fingerprint density at radius 3 is 2.73 bits per heavy atom. The Morgan fingerprint density at radius 2 is 1.90 bits per heavy atom. The molecule has 1 fully saturated rings. The summed E-state index contributed by atoms with van der Waals surface area (Å²) in [5.41, 5.74) is 2.78. The molecule has 2 aromatic carbocycles. The Hall–Kier alpha value is -3.33. The second kappa shape index (κ2) is 9.00. The summed E-state index contributed by atoms with van der Waals surface area (Å²) in [7, 11) is 0. The molecule has 0 radical (unpaired) electrons. The van der Waals surface area contributed by atoms with Gasteiger partial charge in [0, 0.05) is 29.9 Å². The maximum absolute atomic E-state index is 13.4. The fourth-order valence-electron chi connectivity index (χ4n) is 4.52. The first-order chi connectivity index (χ1) is 14.7. The van der Waals surface area contributed by atoms with Gasteiger partial charge in [-0.25, -0.2) is 0 Å². The molecule has 30 heavy (non-hydrogen) atoms. The number of hydrogen-bond acceptors (Lipinski definition) is 4. The fraction of sp³-hybridized carbons (Fsp3) is 0.375. The lowest BCUT2D eigenvalue weighted by Crippen LogP contribution is -2.43. The lowest BCUT2D eigenvalue weighted by Gasteiger charge is -2.32. The normalized spacial score (nSPS) is 20.2. The molecule has 1 saturated carbocycles. The van der Waals surface area contributed by atoms with Crippen molar-refractivity contribution in [1.29, 1.82) is 5.26 Å². The molecule has 154 valence electrons. The second-order valence-electron chi connectivity index (χ2n) is 7.83. The van der Waals surface area contributed by atoms with Gasteiger partial charge < -0.3 is 15.0 Å². The first-order valence-electron chi connectivity index (χ1n) is 10.5. The van der Waals surface area contributed by atoms with Crippen LogP contribution in [0.15, 0.2) is 48.5 Å². The molecular weight excluding hydrogens is 378 g/mol. The highest BCUT2D eigenvalue weighted by atomic mass is 16.5. The number of para-hydroxylation sites is 1. The van der Waals surface area contributed by atoms with E-state index < -0.39 is 0 Å². The Morgan fingerprint density at radius 1 is 1.10 bits per heavy atom. The minimum atomic E-state index is -0.345. The number of hydrogen-bond donors (Lipinski definition) is 1. The van der Waals surface area contributed by atoms with Crippen LogP contribution in [0, 0.1) is 23.2 Å². The second-order valence-corrected chi connectivity index (χ2v) is 7.83. The molecule has 0 spiro atoms. The Bertz CT molecular complexity index is 982. The highest BCUT2D eigenvalue weighted by Crippen LogP contribution is 2.36. The van der Waals surface area contributed by atoms with E-state index in [1.807, 2.05) is 29.2 Å². The molecule has 6 heteroatoms. The van der Waals surface area contributed by atoms with Crippen molar-refractivity contribution in [1.82, 2.24) is 0 Å². The van der Waals surface area contributed by atoms with E-state index in [1.54, 1.807) is 24.3 Å². The van der Waals surface area contributed by atoms with E-state index in [-0.39, 0.29) is 30.3 Å². The number of fused-ring (bicyclic) bond motifs is 1. The van der Waals surface area contributed by atoms with Crippen molar-refractivity contribution in [2.75, 3.05) is 23.4 Å². The SMILES string of the molecule is N#CCOc1cccc(NC(=O)C2CCCCC2C(=O)N2CCc3ccccc32)c1. The minimum Gasteiger partial charge on any atom is -0.479 e. The molecule has 6 nitrogen and oxygen atoms in total. The van der Waals surface area contributed by atoms with Crippen molar-refractivity contribution in [2.24, 2.45) is 11.8 Å². The number of carbonyl (C=O) groups excluding carboxylic acids is 2. The third kappa shape index (κ3) is 4.16. The summed E-state index contributed by atoms with van der Waals surface area (Å²) in [5.74, 6) is -0.186. The Balaban J connectivity index is 1.48. The molecule has 0 aromatic heterocycles. The zero-order valence-corrected chi connectivity index (χ0v) is 16.8. The van der Waals surface area contributed by atoms with Crippen molar-refractivity contribution >= 4 is 23.2 Å². The quantitative estimate of drug-likeness (QED) is 0.820. The summed E-state index contributed by atoms with van der Waals surface area (Å²) in [6.45, 7) is 0.634. The monoisotopic (exact) mass is 403 g/mol. The zero-order valence-electron chi connectivity index (χ0n) is 16.8. The molecule has 2 aromatic rings. The number of benzene rings is 2. The van der Waals surface area contributed by atoms with Gasteiger partial charge in [0.25, 0.3) is 0 Å². The van der Waals surface area contributed by atoms with Gasteiger partial charge in [0.1, 0.15) is 11.8 Å². The number of carbonyl (C=O) groups is 2. The summed E-state index contributed by atoms with van der Waals surface area (Å²) >= 11 is 0. The fourth-order valence-corrected chi connectivity index (χ4v) is 4.52. The third-order valence-electron chi connectivity index (χ3n) is 5.98. The summed E-state index contributed by atoms with van der Waals surface area (Å²) < 4.78 is 5.31. The lowest BCUT2D eigenvalue weighted by atomic mass is 9.77. The summed E-state index contributed by atoms with van der Waals surface area (Å²) in [6.07, 6.45) is 4.22. The van der Waals surface area contributed by atoms with Gasteiger partial charge in [-0.3, -0.25) is 9.59 Å². The maximum atomic E-state index is 13.4. The van der Waals surface area contributed by atoms with Gasteiger partial charge in [-0.2, -0.15) is 5.26 Å².